The minimum atomic E-state index is 0.429. The van der Waals surface area contributed by atoms with Gasteiger partial charge in [0, 0.05) is 12.5 Å². The van der Waals surface area contributed by atoms with Crippen molar-refractivity contribution >= 4 is 11.0 Å². The summed E-state index contributed by atoms with van der Waals surface area (Å²) in [6, 6.07) is 8.19. The second-order valence-corrected chi connectivity index (χ2v) is 4.91. The fourth-order valence-corrected chi connectivity index (χ4v) is 2.54. The van der Waals surface area contributed by atoms with Crippen molar-refractivity contribution in [2.45, 2.75) is 38.2 Å². The van der Waals surface area contributed by atoms with Gasteiger partial charge in [0.05, 0.1) is 17.1 Å². The normalized spacial score (nSPS) is 22.1. The molecule has 0 spiro atoms. The van der Waals surface area contributed by atoms with Crippen LogP contribution in [0.2, 0.25) is 0 Å². The Balaban J connectivity index is 1.77. The molecule has 2 heterocycles. The fourth-order valence-electron chi connectivity index (χ4n) is 2.54. The molecule has 3 heteroatoms. The van der Waals surface area contributed by atoms with Crippen LogP contribution >= 0.6 is 0 Å². The van der Waals surface area contributed by atoms with Crippen LogP contribution in [0.15, 0.2) is 24.3 Å². The Morgan fingerprint density at radius 3 is 3.12 bits per heavy atom. The van der Waals surface area contributed by atoms with E-state index in [0.29, 0.717) is 12.0 Å². The number of hydrogen-bond donors (Lipinski definition) is 1. The molecule has 3 rings (SSSR count). The van der Waals surface area contributed by atoms with Crippen LogP contribution in [-0.4, -0.2) is 22.7 Å². The van der Waals surface area contributed by atoms with Crippen molar-refractivity contribution < 1.29 is 4.74 Å². The predicted molar refractivity (Wildman–Crippen MR) is 68.1 cm³/mol. The van der Waals surface area contributed by atoms with E-state index in [1.165, 1.54) is 12.8 Å². The van der Waals surface area contributed by atoms with Crippen LogP contribution in [0.5, 0.6) is 0 Å². The summed E-state index contributed by atoms with van der Waals surface area (Å²) in [6.07, 6.45) is 3.90. The first kappa shape index (κ1) is 10.8. The number of imidazole rings is 1. The highest BCUT2D eigenvalue weighted by molar-refractivity contribution is 5.74. The third-order valence-corrected chi connectivity index (χ3v) is 3.51. The van der Waals surface area contributed by atoms with E-state index in [-0.39, 0.29) is 0 Å². The molecule has 1 N–H and O–H groups in total. The van der Waals surface area contributed by atoms with Gasteiger partial charge >= 0.3 is 0 Å². The van der Waals surface area contributed by atoms with Gasteiger partial charge in [-0.1, -0.05) is 19.1 Å². The van der Waals surface area contributed by atoms with Crippen molar-refractivity contribution in [2.75, 3.05) is 6.61 Å². The Kier molecular flexibility index (Phi) is 2.85. The van der Waals surface area contributed by atoms with E-state index in [4.69, 9.17) is 4.74 Å². The minimum absolute atomic E-state index is 0.429. The molecule has 1 fully saturated rings. The van der Waals surface area contributed by atoms with Crippen molar-refractivity contribution in [1.29, 1.82) is 0 Å². The first-order chi connectivity index (χ1) is 8.33. The molecular weight excluding hydrogens is 212 g/mol. The van der Waals surface area contributed by atoms with Crippen LogP contribution in [0, 0.1) is 0 Å². The molecule has 2 aromatic rings. The van der Waals surface area contributed by atoms with E-state index < -0.39 is 0 Å². The molecule has 0 saturated carbocycles. The molecule has 0 radical (unpaired) electrons. The molecule has 1 saturated heterocycles. The van der Waals surface area contributed by atoms with Gasteiger partial charge in [-0.05, 0) is 31.4 Å². The van der Waals surface area contributed by atoms with Crippen LogP contribution < -0.4 is 0 Å². The minimum Gasteiger partial charge on any atom is -0.378 e. The highest BCUT2D eigenvalue weighted by Gasteiger charge is 2.20. The second-order valence-electron chi connectivity index (χ2n) is 4.91. The van der Waals surface area contributed by atoms with E-state index in [1.807, 2.05) is 18.2 Å². The van der Waals surface area contributed by atoms with Gasteiger partial charge in [0.2, 0.25) is 0 Å². The monoisotopic (exact) mass is 230 g/mol. The summed E-state index contributed by atoms with van der Waals surface area (Å²) >= 11 is 0. The molecular formula is C14H18N2O. The van der Waals surface area contributed by atoms with Crippen molar-refractivity contribution in [3.63, 3.8) is 0 Å². The highest BCUT2D eigenvalue weighted by Crippen LogP contribution is 2.26. The number of benzene rings is 1. The number of rotatable bonds is 3. The van der Waals surface area contributed by atoms with Gasteiger partial charge < -0.3 is 9.72 Å². The SMILES string of the molecule is CC(CC1CCCO1)c1nc2ccccc2[nH]1. The Labute approximate surface area is 101 Å². The Bertz CT molecular complexity index is 467. The molecule has 17 heavy (non-hydrogen) atoms. The molecule has 0 aliphatic carbocycles. The second kappa shape index (κ2) is 4.49. The van der Waals surface area contributed by atoms with Crippen LogP contribution in [0.3, 0.4) is 0 Å². The van der Waals surface area contributed by atoms with Crippen molar-refractivity contribution in [1.82, 2.24) is 9.97 Å². The molecule has 1 aromatic heterocycles. The highest BCUT2D eigenvalue weighted by atomic mass is 16.5. The van der Waals surface area contributed by atoms with Gasteiger partial charge in [-0.3, -0.25) is 0 Å². The van der Waals surface area contributed by atoms with Gasteiger partial charge in [-0.15, -0.1) is 0 Å². The van der Waals surface area contributed by atoms with E-state index in [1.54, 1.807) is 0 Å². The van der Waals surface area contributed by atoms with Crippen LogP contribution in [0.1, 0.15) is 37.9 Å². The quantitative estimate of drug-likeness (QED) is 0.879. The average Bonchev–Trinajstić information content (AvgIpc) is 2.96. The number of fused-ring (bicyclic) bond motifs is 1. The van der Waals surface area contributed by atoms with Crippen molar-refractivity contribution in [3.05, 3.63) is 30.1 Å². The predicted octanol–water partition coefficient (Wildman–Crippen LogP) is 3.24. The number of para-hydroxylation sites is 2. The number of H-pyrrole nitrogens is 1. The number of nitrogens with zero attached hydrogens (tertiary/aromatic N) is 1. The van der Waals surface area contributed by atoms with E-state index in [0.717, 1.165) is 29.9 Å². The molecule has 2 unspecified atom stereocenters. The molecule has 1 aliphatic heterocycles. The topological polar surface area (TPSA) is 37.9 Å². The van der Waals surface area contributed by atoms with Crippen LogP contribution in [-0.2, 0) is 4.74 Å². The summed E-state index contributed by atoms with van der Waals surface area (Å²) in [5.41, 5.74) is 2.18. The zero-order valence-electron chi connectivity index (χ0n) is 10.1. The summed E-state index contributed by atoms with van der Waals surface area (Å²) in [5, 5.41) is 0. The molecule has 1 aliphatic rings. The zero-order chi connectivity index (χ0) is 11.7. The molecule has 2 atom stereocenters. The first-order valence-corrected chi connectivity index (χ1v) is 6.39. The lowest BCUT2D eigenvalue weighted by Crippen LogP contribution is -2.10. The Hall–Kier alpha value is -1.35. The molecule has 1 aromatic carbocycles. The third-order valence-electron chi connectivity index (χ3n) is 3.51. The van der Waals surface area contributed by atoms with Gasteiger partial charge in [-0.2, -0.15) is 0 Å². The maximum atomic E-state index is 5.68. The van der Waals surface area contributed by atoms with Crippen LogP contribution in [0.25, 0.3) is 11.0 Å². The van der Waals surface area contributed by atoms with Gasteiger partial charge in [0.15, 0.2) is 0 Å². The molecule has 90 valence electrons. The first-order valence-electron chi connectivity index (χ1n) is 6.39. The number of nitrogens with one attached hydrogen (secondary N) is 1. The fraction of sp³-hybridized carbons (Fsp3) is 0.500. The maximum Gasteiger partial charge on any atom is 0.110 e. The lowest BCUT2D eigenvalue weighted by molar-refractivity contribution is 0.0987. The molecule has 0 amide bonds. The van der Waals surface area contributed by atoms with Crippen molar-refractivity contribution in [2.24, 2.45) is 0 Å². The number of aromatic amines is 1. The number of hydrogen-bond acceptors (Lipinski definition) is 2. The van der Waals surface area contributed by atoms with E-state index in [9.17, 15) is 0 Å². The van der Waals surface area contributed by atoms with Crippen molar-refractivity contribution in [3.8, 4) is 0 Å². The average molecular weight is 230 g/mol. The largest absolute Gasteiger partial charge is 0.378 e. The Morgan fingerprint density at radius 2 is 2.35 bits per heavy atom. The van der Waals surface area contributed by atoms with Gasteiger partial charge in [0.1, 0.15) is 5.82 Å². The number of ether oxygens (including phenoxy) is 1. The maximum absolute atomic E-state index is 5.68. The summed E-state index contributed by atoms with van der Waals surface area (Å²) in [7, 11) is 0. The molecule has 3 nitrogen and oxygen atoms in total. The zero-order valence-corrected chi connectivity index (χ0v) is 10.1. The summed E-state index contributed by atoms with van der Waals surface area (Å²) in [4.78, 5) is 8.05. The lowest BCUT2D eigenvalue weighted by atomic mass is 10.0. The summed E-state index contributed by atoms with van der Waals surface area (Å²) < 4.78 is 5.68. The smallest absolute Gasteiger partial charge is 0.110 e. The lowest BCUT2D eigenvalue weighted by Gasteiger charge is -2.13. The molecule has 0 bridgehead atoms. The van der Waals surface area contributed by atoms with E-state index >= 15 is 0 Å². The van der Waals surface area contributed by atoms with Gasteiger partial charge in [-0.25, -0.2) is 4.98 Å². The van der Waals surface area contributed by atoms with E-state index in [2.05, 4.69) is 23.0 Å². The van der Waals surface area contributed by atoms with Gasteiger partial charge in [0.25, 0.3) is 0 Å². The summed E-state index contributed by atoms with van der Waals surface area (Å²) in [5.74, 6) is 1.52. The van der Waals surface area contributed by atoms with Crippen LogP contribution in [0.4, 0.5) is 0 Å². The number of aromatic nitrogens is 2. The third kappa shape index (κ3) is 2.20. The summed E-state index contributed by atoms with van der Waals surface area (Å²) in [6.45, 7) is 3.15. The standard InChI is InChI=1S/C14H18N2O/c1-10(9-11-5-4-8-17-11)14-15-12-6-2-3-7-13(12)16-14/h2-3,6-7,10-11H,4-5,8-9H2,1H3,(H,15,16). The Morgan fingerprint density at radius 1 is 1.47 bits per heavy atom.